The third-order valence-corrected chi connectivity index (χ3v) is 8.09. The van der Waals surface area contributed by atoms with Crippen LogP contribution in [-0.4, -0.2) is 84.2 Å². The Balaban J connectivity index is 1.48. The summed E-state index contributed by atoms with van der Waals surface area (Å²) >= 11 is 0. The topological polar surface area (TPSA) is 116 Å². The summed E-state index contributed by atoms with van der Waals surface area (Å²) in [5.41, 5.74) is 7.04. The summed E-state index contributed by atoms with van der Waals surface area (Å²) in [6.07, 6.45) is 5.16. The van der Waals surface area contributed by atoms with Gasteiger partial charge in [-0.15, -0.1) is 0 Å². The predicted molar refractivity (Wildman–Crippen MR) is 142 cm³/mol. The standard InChI is InChI=1S/C28H41N5O4/c1-18(2)16-21(30-25(35)19-8-10-20(11-9-19)31(3)4)26(36)32-15-12-22-24(32)23(34)17-33(22)27(37)28(29)13-6-5-7-14-28/h8-11,18,21-22,24H,5-7,12-17,29H2,1-4H3,(H,30,35)/t21-,22?,24-/m0/s1. The fourth-order valence-electron chi connectivity index (χ4n) is 6.07. The molecular weight excluding hydrogens is 470 g/mol. The molecule has 3 fully saturated rings. The van der Waals surface area contributed by atoms with Crippen molar-refractivity contribution < 1.29 is 19.2 Å². The highest BCUT2D eigenvalue weighted by atomic mass is 16.2. The quantitative estimate of drug-likeness (QED) is 0.578. The molecule has 2 heterocycles. The third-order valence-electron chi connectivity index (χ3n) is 8.09. The predicted octanol–water partition coefficient (Wildman–Crippen LogP) is 1.94. The summed E-state index contributed by atoms with van der Waals surface area (Å²) in [4.78, 5) is 58.5. The van der Waals surface area contributed by atoms with Crippen molar-refractivity contribution in [2.75, 3.05) is 32.1 Å². The average molecular weight is 512 g/mol. The number of nitrogens with two attached hydrogens (primary N) is 1. The Morgan fingerprint density at radius 3 is 2.32 bits per heavy atom. The lowest BCUT2D eigenvalue weighted by molar-refractivity contribution is -0.140. The van der Waals surface area contributed by atoms with Gasteiger partial charge in [0.1, 0.15) is 12.1 Å². The number of nitrogens with one attached hydrogen (secondary N) is 1. The molecule has 1 saturated carbocycles. The number of rotatable bonds is 7. The van der Waals surface area contributed by atoms with Crippen molar-refractivity contribution in [3.63, 3.8) is 0 Å². The van der Waals surface area contributed by atoms with Crippen molar-refractivity contribution in [2.45, 2.75) is 82.5 Å². The first-order chi connectivity index (χ1) is 17.5. The normalized spacial score (nSPS) is 23.7. The van der Waals surface area contributed by atoms with Crippen LogP contribution in [0.25, 0.3) is 0 Å². The molecule has 4 rings (SSSR count). The van der Waals surface area contributed by atoms with Crippen molar-refractivity contribution in [3.8, 4) is 0 Å². The minimum Gasteiger partial charge on any atom is -0.378 e. The van der Waals surface area contributed by atoms with Gasteiger partial charge in [-0.3, -0.25) is 19.2 Å². The van der Waals surface area contributed by atoms with E-state index in [0.29, 0.717) is 37.8 Å². The molecule has 3 N–H and O–H groups in total. The van der Waals surface area contributed by atoms with Gasteiger partial charge in [-0.1, -0.05) is 33.1 Å². The molecule has 0 aromatic heterocycles. The SMILES string of the molecule is CC(C)C[C@H](NC(=O)c1ccc(N(C)C)cc1)C(=O)N1CCC2[C@H]1C(=O)CN2C(=O)C1(N)CCCCC1. The van der Waals surface area contributed by atoms with E-state index < -0.39 is 17.6 Å². The van der Waals surface area contributed by atoms with E-state index in [2.05, 4.69) is 5.32 Å². The number of amides is 3. The summed E-state index contributed by atoms with van der Waals surface area (Å²) in [5, 5.41) is 2.92. The number of likely N-dealkylation sites (tertiary alicyclic amines) is 2. The maximum absolute atomic E-state index is 13.7. The Morgan fingerprint density at radius 2 is 1.73 bits per heavy atom. The van der Waals surface area contributed by atoms with Gasteiger partial charge in [-0.05, 0) is 55.9 Å². The van der Waals surface area contributed by atoms with Crippen molar-refractivity contribution in [1.82, 2.24) is 15.1 Å². The Bertz CT molecular complexity index is 1030. The van der Waals surface area contributed by atoms with E-state index in [4.69, 9.17) is 5.73 Å². The molecule has 2 aliphatic heterocycles. The van der Waals surface area contributed by atoms with Crippen LogP contribution in [0.5, 0.6) is 0 Å². The van der Waals surface area contributed by atoms with Crippen LogP contribution in [0, 0.1) is 5.92 Å². The number of benzene rings is 1. The van der Waals surface area contributed by atoms with Crippen LogP contribution < -0.4 is 16.0 Å². The largest absolute Gasteiger partial charge is 0.378 e. The second kappa shape index (κ2) is 10.8. The van der Waals surface area contributed by atoms with Gasteiger partial charge in [0.15, 0.2) is 5.78 Å². The van der Waals surface area contributed by atoms with E-state index in [-0.39, 0.29) is 42.0 Å². The zero-order chi connectivity index (χ0) is 26.9. The number of anilines is 1. The zero-order valence-corrected chi connectivity index (χ0v) is 22.5. The molecule has 0 bridgehead atoms. The van der Waals surface area contributed by atoms with Gasteiger partial charge in [-0.2, -0.15) is 0 Å². The molecule has 1 aliphatic carbocycles. The molecular formula is C28H41N5O4. The summed E-state index contributed by atoms with van der Waals surface area (Å²) in [6, 6.07) is 5.43. The van der Waals surface area contributed by atoms with Crippen LogP contribution in [0.4, 0.5) is 5.69 Å². The maximum atomic E-state index is 13.7. The van der Waals surface area contributed by atoms with E-state index >= 15 is 0 Å². The first kappa shape index (κ1) is 27.1. The molecule has 0 radical (unpaired) electrons. The van der Waals surface area contributed by atoms with Gasteiger partial charge in [0, 0.05) is 31.9 Å². The van der Waals surface area contributed by atoms with Crippen molar-refractivity contribution in [1.29, 1.82) is 0 Å². The highest BCUT2D eigenvalue weighted by molar-refractivity contribution is 6.01. The van der Waals surface area contributed by atoms with Crippen LogP contribution >= 0.6 is 0 Å². The van der Waals surface area contributed by atoms with E-state index in [1.165, 1.54) is 0 Å². The molecule has 37 heavy (non-hydrogen) atoms. The second-order valence-electron chi connectivity index (χ2n) is 11.5. The highest BCUT2D eigenvalue weighted by Gasteiger charge is 2.54. The van der Waals surface area contributed by atoms with Gasteiger partial charge < -0.3 is 25.8 Å². The molecule has 3 aliphatic rings. The molecule has 3 amide bonds. The van der Waals surface area contributed by atoms with E-state index in [0.717, 1.165) is 24.9 Å². The number of ketones is 1. The van der Waals surface area contributed by atoms with Crippen LogP contribution in [0.2, 0.25) is 0 Å². The van der Waals surface area contributed by atoms with Gasteiger partial charge >= 0.3 is 0 Å². The number of hydrogen-bond donors (Lipinski definition) is 2. The van der Waals surface area contributed by atoms with Crippen molar-refractivity contribution in [2.24, 2.45) is 11.7 Å². The van der Waals surface area contributed by atoms with Crippen molar-refractivity contribution in [3.05, 3.63) is 29.8 Å². The number of Topliss-reactive ketones (excluding diaryl/α,β-unsaturated/α-hetero) is 1. The molecule has 202 valence electrons. The Morgan fingerprint density at radius 1 is 1.08 bits per heavy atom. The Kier molecular flexibility index (Phi) is 7.92. The van der Waals surface area contributed by atoms with Crippen LogP contribution in [0.15, 0.2) is 24.3 Å². The van der Waals surface area contributed by atoms with E-state index in [1.54, 1.807) is 21.9 Å². The van der Waals surface area contributed by atoms with Gasteiger partial charge in [0.25, 0.3) is 5.91 Å². The van der Waals surface area contributed by atoms with Crippen LogP contribution in [-0.2, 0) is 14.4 Å². The van der Waals surface area contributed by atoms with E-state index in [1.807, 2.05) is 45.0 Å². The molecule has 1 unspecified atom stereocenters. The highest BCUT2D eigenvalue weighted by Crippen LogP contribution is 2.35. The lowest BCUT2D eigenvalue weighted by Gasteiger charge is -2.37. The summed E-state index contributed by atoms with van der Waals surface area (Å²) < 4.78 is 0. The Labute approximate surface area is 219 Å². The zero-order valence-electron chi connectivity index (χ0n) is 22.5. The molecule has 9 heteroatoms. The lowest BCUT2D eigenvalue weighted by atomic mass is 9.81. The van der Waals surface area contributed by atoms with Crippen LogP contribution in [0.3, 0.4) is 0 Å². The van der Waals surface area contributed by atoms with E-state index in [9.17, 15) is 19.2 Å². The number of hydrogen-bond acceptors (Lipinski definition) is 6. The molecule has 2 saturated heterocycles. The summed E-state index contributed by atoms with van der Waals surface area (Å²) in [5.74, 6) is -0.711. The maximum Gasteiger partial charge on any atom is 0.251 e. The molecule has 1 aromatic rings. The minimum absolute atomic E-state index is 0.00364. The smallest absolute Gasteiger partial charge is 0.251 e. The number of carbonyl (C=O) groups excluding carboxylic acids is 4. The van der Waals surface area contributed by atoms with Gasteiger partial charge in [0.05, 0.1) is 18.1 Å². The fraction of sp³-hybridized carbons (Fsp3) is 0.643. The van der Waals surface area contributed by atoms with Gasteiger partial charge in [0.2, 0.25) is 11.8 Å². The first-order valence-electron chi connectivity index (χ1n) is 13.5. The third kappa shape index (κ3) is 5.51. The minimum atomic E-state index is -0.916. The lowest BCUT2D eigenvalue weighted by Crippen LogP contribution is -2.58. The molecule has 0 spiro atoms. The molecule has 9 nitrogen and oxygen atoms in total. The summed E-state index contributed by atoms with van der Waals surface area (Å²) in [7, 11) is 3.86. The van der Waals surface area contributed by atoms with Crippen molar-refractivity contribution >= 4 is 29.2 Å². The monoisotopic (exact) mass is 511 g/mol. The average Bonchev–Trinajstić information content (AvgIpc) is 3.44. The number of fused-ring (bicyclic) bond motifs is 1. The number of nitrogens with zero attached hydrogens (tertiary/aromatic N) is 3. The van der Waals surface area contributed by atoms with Gasteiger partial charge in [-0.25, -0.2) is 0 Å². The molecule has 3 atom stereocenters. The molecule has 1 aromatic carbocycles. The first-order valence-corrected chi connectivity index (χ1v) is 13.5. The summed E-state index contributed by atoms with van der Waals surface area (Å²) in [6.45, 7) is 4.37. The fourth-order valence-corrected chi connectivity index (χ4v) is 6.07. The Hall–Kier alpha value is -2.94. The van der Waals surface area contributed by atoms with Crippen LogP contribution in [0.1, 0.15) is 69.2 Å². The number of carbonyl (C=O) groups is 4. The second-order valence-corrected chi connectivity index (χ2v) is 11.5.